The van der Waals surface area contributed by atoms with Gasteiger partial charge in [-0.15, -0.1) is 0 Å². The Kier molecular flexibility index (Phi) is 6.22. The van der Waals surface area contributed by atoms with E-state index < -0.39 is 11.7 Å². The first-order valence-electron chi connectivity index (χ1n) is 9.96. The van der Waals surface area contributed by atoms with E-state index in [1.807, 2.05) is 6.07 Å². The molecule has 0 atom stereocenters. The monoisotopic (exact) mass is 487 g/mol. The average molecular weight is 488 g/mol. The molecule has 4 rings (SSSR count). The van der Waals surface area contributed by atoms with Crippen LogP contribution in [0, 0.1) is 11.3 Å². The van der Waals surface area contributed by atoms with Crippen molar-refractivity contribution in [3.63, 3.8) is 0 Å². The fraction of sp³-hybridized carbons (Fsp3) is 0.174. The molecule has 0 aliphatic carbocycles. The predicted octanol–water partition coefficient (Wildman–Crippen LogP) is 4.78. The van der Waals surface area contributed by atoms with E-state index in [0.29, 0.717) is 22.2 Å². The van der Waals surface area contributed by atoms with Crippen molar-refractivity contribution < 1.29 is 22.7 Å². The molecular weight excluding hydrogens is 471 g/mol. The van der Waals surface area contributed by atoms with Crippen LogP contribution in [-0.2, 0) is 11.0 Å². The molecular formula is C23H17ClF3N5O2. The lowest BCUT2D eigenvalue weighted by Gasteiger charge is -2.29. The molecule has 2 aromatic carbocycles. The van der Waals surface area contributed by atoms with Crippen LogP contribution >= 0.6 is 11.6 Å². The summed E-state index contributed by atoms with van der Waals surface area (Å²) in [5, 5.41) is 12.9. The van der Waals surface area contributed by atoms with E-state index in [4.69, 9.17) is 16.3 Å². The van der Waals surface area contributed by atoms with Gasteiger partial charge in [0, 0.05) is 11.6 Å². The number of hydrogen-bond donors (Lipinski definition) is 1. The number of rotatable bonds is 5. The molecule has 1 aliphatic rings. The molecule has 0 fully saturated rings. The molecule has 174 valence electrons. The van der Waals surface area contributed by atoms with Crippen LogP contribution in [-0.4, -0.2) is 35.7 Å². The Hall–Kier alpha value is -3.97. The number of fused-ring (bicyclic) bond motifs is 1. The van der Waals surface area contributed by atoms with Gasteiger partial charge in [-0.25, -0.2) is 4.98 Å². The minimum atomic E-state index is -4.50. The molecule has 1 aliphatic heterocycles. The summed E-state index contributed by atoms with van der Waals surface area (Å²) in [5.74, 6) is 0.284. The number of halogens is 4. The zero-order valence-electron chi connectivity index (χ0n) is 17.7. The van der Waals surface area contributed by atoms with Crippen molar-refractivity contribution in [2.75, 3.05) is 30.4 Å². The quantitative estimate of drug-likeness (QED) is 0.560. The Balaban J connectivity index is 1.63. The van der Waals surface area contributed by atoms with Gasteiger partial charge < -0.3 is 10.1 Å². The highest BCUT2D eigenvalue weighted by atomic mass is 35.5. The van der Waals surface area contributed by atoms with Crippen molar-refractivity contribution in [2.45, 2.75) is 6.18 Å². The van der Waals surface area contributed by atoms with Crippen LogP contribution in [0.25, 0.3) is 5.70 Å². The molecule has 7 nitrogen and oxygen atoms in total. The SMILES string of the molecule is COc1ccc(Cl)cc1NCC(=O)N1CC=C(c2cccc(C(F)(F)F)c2)n2cnc(C#N)c21. The summed E-state index contributed by atoms with van der Waals surface area (Å²) in [4.78, 5) is 18.5. The maximum atomic E-state index is 13.2. The summed E-state index contributed by atoms with van der Waals surface area (Å²) in [7, 11) is 1.48. The number of methoxy groups -OCH3 is 1. The predicted molar refractivity (Wildman–Crippen MR) is 121 cm³/mol. The minimum absolute atomic E-state index is 0.0220. The molecule has 1 amide bonds. The third-order valence-electron chi connectivity index (χ3n) is 5.21. The van der Waals surface area contributed by atoms with Gasteiger partial charge in [0.05, 0.1) is 30.6 Å². The van der Waals surface area contributed by atoms with Crippen LogP contribution < -0.4 is 15.0 Å². The molecule has 0 saturated heterocycles. The number of alkyl halides is 3. The van der Waals surface area contributed by atoms with Gasteiger partial charge in [0.2, 0.25) is 5.91 Å². The average Bonchev–Trinajstić information content (AvgIpc) is 3.26. The highest BCUT2D eigenvalue weighted by Crippen LogP contribution is 2.35. The van der Waals surface area contributed by atoms with E-state index in [9.17, 15) is 23.2 Å². The van der Waals surface area contributed by atoms with Crippen LogP contribution in [0.5, 0.6) is 5.75 Å². The molecule has 34 heavy (non-hydrogen) atoms. The first kappa shape index (κ1) is 23.2. The van der Waals surface area contributed by atoms with Crippen molar-refractivity contribution in [3.8, 4) is 11.8 Å². The summed E-state index contributed by atoms with van der Waals surface area (Å²) in [6, 6.07) is 11.7. The number of nitrogens with zero attached hydrogens (tertiary/aromatic N) is 4. The zero-order valence-corrected chi connectivity index (χ0v) is 18.5. The molecule has 1 N–H and O–H groups in total. The standard InChI is InChI=1S/C23H17ClF3N5O2/c1-34-20-6-5-16(24)10-17(20)29-12-21(33)31-8-7-19(32-13-30-18(11-28)22(31)32)14-3-2-4-15(9-14)23(25,26)27/h2-7,9-10,13,29H,8,12H2,1H3. The summed E-state index contributed by atoms with van der Waals surface area (Å²) < 4.78 is 46.3. The molecule has 0 radical (unpaired) electrons. The van der Waals surface area contributed by atoms with Gasteiger partial charge in [0.1, 0.15) is 18.1 Å². The largest absolute Gasteiger partial charge is 0.495 e. The minimum Gasteiger partial charge on any atom is -0.495 e. The van der Waals surface area contributed by atoms with Gasteiger partial charge in [0.25, 0.3) is 0 Å². The van der Waals surface area contributed by atoms with E-state index in [-0.39, 0.29) is 36.1 Å². The van der Waals surface area contributed by atoms with Crippen molar-refractivity contribution in [3.05, 3.63) is 76.7 Å². The number of hydrogen-bond acceptors (Lipinski definition) is 5. The Labute approximate surface area is 197 Å². The maximum absolute atomic E-state index is 13.2. The lowest BCUT2D eigenvalue weighted by atomic mass is 10.1. The van der Waals surface area contributed by atoms with Gasteiger partial charge in [-0.05, 0) is 42.0 Å². The molecule has 0 saturated carbocycles. The number of carbonyl (C=O) groups excluding carboxylic acids is 1. The Morgan fingerprint density at radius 1 is 1.29 bits per heavy atom. The molecule has 1 aromatic heterocycles. The Morgan fingerprint density at radius 2 is 2.09 bits per heavy atom. The molecule has 0 spiro atoms. The van der Waals surface area contributed by atoms with E-state index in [2.05, 4.69) is 10.3 Å². The van der Waals surface area contributed by atoms with Crippen LogP contribution in [0.1, 0.15) is 16.8 Å². The second-order valence-electron chi connectivity index (χ2n) is 7.27. The fourth-order valence-electron chi connectivity index (χ4n) is 3.63. The smallest absolute Gasteiger partial charge is 0.416 e. The number of imidazole rings is 1. The highest BCUT2D eigenvalue weighted by molar-refractivity contribution is 6.31. The first-order valence-corrected chi connectivity index (χ1v) is 10.3. The number of aromatic nitrogens is 2. The van der Waals surface area contributed by atoms with E-state index in [1.54, 1.807) is 24.3 Å². The van der Waals surface area contributed by atoms with Gasteiger partial charge in [0.15, 0.2) is 11.5 Å². The van der Waals surface area contributed by atoms with Gasteiger partial charge in [-0.3, -0.25) is 14.3 Å². The van der Waals surface area contributed by atoms with Crippen LogP contribution in [0.4, 0.5) is 24.7 Å². The molecule has 11 heteroatoms. The van der Waals surface area contributed by atoms with Crippen LogP contribution in [0.3, 0.4) is 0 Å². The number of carbonyl (C=O) groups is 1. The zero-order chi connectivity index (χ0) is 24.5. The van der Waals surface area contributed by atoms with Crippen molar-refractivity contribution in [1.82, 2.24) is 9.55 Å². The van der Waals surface area contributed by atoms with Crippen molar-refractivity contribution in [2.24, 2.45) is 0 Å². The topological polar surface area (TPSA) is 83.2 Å². The Morgan fingerprint density at radius 3 is 2.79 bits per heavy atom. The normalized spacial score (nSPS) is 13.1. The van der Waals surface area contributed by atoms with Gasteiger partial charge >= 0.3 is 6.18 Å². The number of nitriles is 1. The van der Waals surface area contributed by atoms with Crippen molar-refractivity contribution >= 4 is 34.7 Å². The van der Waals surface area contributed by atoms with E-state index >= 15 is 0 Å². The van der Waals surface area contributed by atoms with Crippen LogP contribution in [0.2, 0.25) is 5.02 Å². The molecule has 3 aromatic rings. The van der Waals surface area contributed by atoms with Crippen molar-refractivity contribution in [1.29, 1.82) is 5.26 Å². The van der Waals surface area contributed by atoms with Gasteiger partial charge in [-0.2, -0.15) is 18.4 Å². The van der Waals surface area contributed by atoms with Gasteiger partial charge in [-0.1, -0.05) is 23.7 Å². The summed E-state index contributed by atoms with van der Waals surface area (Å²) in [6.07, 6.45) is -1.58. The summed E-state index contributed by atoms with van der Waals surface area (Å²) in [5.41, 5.74) is 0.363. The third kappa shape index (κ3) is 4.43. The first-order chi connectivity index (χ1) is 16.2. The Bertz CT molecular complexity index is 1330. The number of ether oxygens (including phenoxy) is 1. The second-order valence-corrected chi connectivity index (χ2v) is 7.71. The summed E-state index contributed by atoms with van der Waals surface area (Å²) in [6.45, 7) is -0.112. The fourth-order valence-corrected chi connectivity index (χ4v) is 3.81. The number of benzene rings is 2. The number of anilines is 2. The highest BCUT2D eigenvalue weighted by Gasteiger charge is 2.32. The number of nitrogens with one attached hydrogen (secondary N) is 1. The van der Waals surface area contributed by atoms with E-state index in [1.165, 1.54) is 35.0 Å². The number of amides is 1. The lowest BCUT2D eigenvalue weighted by Crippen LogP contribution is -2.39. The van der Waals surface area contributed by atoms with E-state index in [0.717, 1.165) is 12.1 Å². The summed E-state index contributed by atoms with van der Waals surface area (Å²) >= 11 is 6.03. The van der Waals surface area contributed by atoms with Crippen LogP contribution in [0.15, 0.2) is 54.9 Å². The molecule has 2 heterocycles. The third-order valence-corrected chi connectivity index (χ3v) is 5.44. The lowest BCUT2D eigenvalue weighted by molar-refractivity contribution is -0.137. The maximum Gasteiger partial charge on any atom is 0.416 e. The second kappa shape index (κ2) is 9.11. The molecule has 0 unspecified atom stereocenters. The molecule has 0 bridgehead atoms.